The molecule has 0 aliphatic heterocycles. The smallest absolute Gasteiger partial charge is 0.262 e. The van der Waals surface area contributed by atoms with Crippen LogP contribution < -0.4 is 4.74 Å². The monoisotopic (exact) mass is 305 g/mol. The summed E-state index contributed by atoms with van der Waals surface area (Å²) in [5.41, 5.74) is 0.961. The number of halogens is 2. The second kappa shape index (κ2) is 6.42. The first-order chi connectivity index (χ1) is 9.61. The van der Waals surface area contributed by atoms with Crippen molar-refractivity contribution in [1.82, 2.24) is 0 Å². The first-order valence-electron chi connectivity index (χ1n) is 5.72. The summed E-state index contributed by atoms with van der Waals surface area (Å²) in [5.74, 6) is -0.131. The molecule has 2 aromatic rings. The van der Waals surface area contributed by atoms with Crippen molar-refractivity contribution in [2.24, 2.45) is 0 Å². The fourth-order valence-corrected chi connectivity index (χ4v) is 2.12. The molecule has 3 nitrogen and oxygen atoms in total. The molecule has 0 saturated heterocycles. The fraction of sp³-hybridized carbons (Fsp3) is 0.0667. The summed E-state index contributed by atoms with van der Waals surface area (Å²) in [6, 6.07) is 13.2. The summed E-state index contributed by atoms with van der Waals surface area (Å²) in [6.45, 7) is 0.183. The van der Waals surface area contributed by atoms with Crippen LogP contribution in [0.5, 0.6) is 5.75 Å². The van der Waals surface area contributed by atoms with Crippen molar-refractivity contribution in [1.29, 1.82) is 5.26 Å². The van der Waals surface area contributed by atoms with Crippen LogP contribution in [0.25, 0.3) is 0 Å². The third-order valence-electron chi connectivity index (χ3n) is 2.64. The number of nitriles is 1. The maximum absolute atomic E-state index is 11.3. The summed E-state index contributed by atoms with van der Waals surface area (Å²) in [7, 11) is 0. The minimum atomic E-state index is -0.605. The Balaban J connectivity index is 2.16. The number of benzene rings is 2. The van der Waals surface area contributed by atoms with Gasteiger partial charge in [-0.15, -0.1) is 0 Å². The van der Waals surface area contributed by atoms with Gasteiger partial charge in [-0.05, 0) is 24.3 Å². The van der Waals surface area contributed by atoms with Crippen molar-refractivity contribution in [3.63, 3.8) is 0 Å². The minimum Gasteiger partial charge on any atom is -0.489 e. The molecule has 0 saturated carbocycles. The van der Waals surface area contributed by atoms with Crippen LogP contribution in [-0.4, -0.2) is 5.78 Å². The summed E-state index contributed by atoms with van der Waals surface area (Å²) in [5, 5.41) is 9.62. The number of hydrogen-bond donors (Lipinski definition) is 0. The molecule has 100 valence electrons. The Morgan fingerprint density at radius 2 is 1.80 bits per heavy atom. The fourth-order valence-electron chi connectivity index (χ4n) is 1.62. The van der Waals surface area contributed by atoms with Crippen LogP contribution in [-0.2, 0) is 6.61 Å². The number of Topliss-reactive ketones (excluding diaryl/α,β-unsaturated/α-hetero) is 1. The normalized spacial score (nSPS) is 9.85. The van der Waals surface area contributed by atoms with Gasteiger partial charge in [0.15, 0.2) is 0 Å². The summed E-state index contributed by atoms with van der Waals surface area (Å²) in [6.07, 6.45) is 0. The van der Waals surface area contributed by atoms with Gasteiger partial charge < -0.3 is 4.74 Å². The second-order valence-corrected chi connectivity index (χ2v) is 4.77. The topological polar surface area (TPSA) is 50.1 Å². The lowest BCUT2D eigenvalue weighted by Crippen LogP contribution is -1.99. The van der Waals surface area contributed by atoms with Crippen LogP contribution in [0.1, 0.15) is 15.9 Å². The highest BCUT2D eigenvalue weighted by molar-refractivity contribution is 6.35. The van der Waals surface area contributed by atoms with Crippen LogP contribution in [0, 0.1) is 11.3 Å². The first-order valence-corrected chi connectivity index (χ1v) is 6.47. The Bertz CT molecular complexity index is 672. The molecule has 0 N–H and O–H groups in total. The highest BCUT2D eigenvalue weighted by Gasteiger charge is 2.08. The lowest BCUT2D eigenvalue weighted by Gasteiger charge is -2.09. The maximum Gasteiger partial charge on any atom is 0.262 e. The van der Waals surface area contributed by atoms with Crippen LogP contribution >= 0.6 is 23.2 Å². The standard InChI is InChI=1S/C15H9Cl2NO2/c16-13-5-2-6-14(17)12(13)9-20-11-4-1-3-10(7-11)15(19)8-18/h1-7H,9H2. The average molecular weight is 306 g/mol. The van der Waals surface area contributed by atoms with E-state index in [1.807, 2.05) is 0 Å². The molecule has 0 radical (unpaired) electrons. The zero-order chi connectivity index (χ0) is 14.5. The molecule has 5 heteroatoms. The zero-order valence-corrected chi connectivity index (χ0v) is 11.8. The first kappa shape index (κ1) is 14.4. The van der Waals surface area contributed by atoms with Crippen molar-refractivity contribution in [3.05, 3.63) is 63.6 Å². The quantitative estimate of drug-likeness (QED) is 0.626. The Morgan fingerprint density at radius 1 is 1.15 bits per heavy atom. The molecule has 0 spiro atoms. The molecule has 0 heterocycles. The highest BCUT2D eigenvalue weighted by atomic mass is 35.5. The molecule has 0 aromatic heterocycles. The van der Waals surface area contributed by atoms with Gasteiger partial charge in [0.05, 0.1) is 0 Å². The Hall–Kier alpha value is -2.02. The largest absolute Gasteiger partial charge is 0.489 e. The number of ether oxygens (including phenoxy) is 1. The lowest BCUT2D eigenvalue weighted by atomic mass is 10.1. The number of carbonyl (C=O) groups is 1. The third-order valence-corrected chi connectivity index (χ3v) is 3.35. The molecule has 20 heavy (non-hydrogen) atoms. The minimum absolute atomic E-state index is 0.183. The molecule has 0 aliphatic rings. The Kier molecular flexibility index (Phi) is 4.62. The van der Waals surface area contributed by atoms with Gasteiger partial charge in [0.1, 0.15) is 18.4 Å². The van der Waals surface area contributed by atoms with Gasteiger partial charge in [0.25, 0.3) is 5.78 Å². The SMILES string of the molecule is N#CC(=O)c1cccc(OCc2c(Cl)cccc2Cl)c1. The highest BCUT2D eigenvalue weighted by Crippen LogP contribution is 2.26. The number of hydrogen-bond acceptors (Lipinski definition) is 3. The molecule has 0 bridgehead atoms. The molecular weight excluding hydrogens is 297 g/mol. The van der Waals surface area contributed by atoms with Gasteiger partial charge in [0, 0.05) is 21.2 Å². The molecule has 2 rings (SSSR count). The van der Waals surface area contributed by atoms with E-state index < -0.39 is 5.78 Å². The van der Waals surface area contributed by atoms with Gasteiger partial charge in [-0.25, -0.2) is 0 Å². The number of rotatable bonds is 4. The predicted octanol–water partition coefficient (Wildman–Crippen LogP) is 4.28. The third kappa shape index (κ3) is 3.30. The molecule has 0 aliphatic carbocycles. The average Bonchev–Trinajstić information content (AvgIpc) is 2.46. The van der Waals surface area contributed by atoms with Gasteiger partial charge >= 0.3 is 0 Å². The molecule has 0 unspecified atom stereocenters. The van der Waals surface area contributed by atoms with E-state index >= 15 is 0 Å². The van der Waals surface area contributed by atoms with Gasteiger partial charge in [0.2, 0.25) is 0 Å². The summed E-state index contributed by atoms with van der Waals surface area (Å²) >= 11 is 12.1. The number of nitrogens with zero attached hydrogens (tertiary/aromatic N) is 1. The van der Waals surface area contributed by atoms with Gasteiger partial charge in [-0.2, -0.15) is 5.26 Å². The van der Waals surface area contributed by atoms with Crippen LogP contribution in [0.4, 0.5) is 0 Å². The predicted molar refractivity (Wildman–Crippen MR) is 77.2 cm³/mol. The van der Waals surface area contributed by atoms with Crippen molar-refractivity contribution >= 4 is 29.0 Å². The van der Waals surface area contributed by atoms with Crippen LogP contribution in [0.2, 0.25) is 10.0 Å². The van der Waals surface area contributed by atoms with Gasteiger partial charge in [-0.3, -0.25) is 4.79 Å². The summed E-state index contributed by atoms with van der Waals surface area (Å²) < 4.78 is 5.56. The zero-order valence-electron chi connectivity index (χ0n) is 10.3. The number of carbonyl (C=O) groups excluding carboxylic acids is 1. The van der Waals surface area contributed by atoms with Crippen molar-refractivity contribution in [2.75, 3.05) is 0 Å². The van der Waals surface area contributed by atoms with E-state index in [1.165, 1.54) is 6.07 Å². The van der Waals surface area contributed by atoms with E-state index in [4.69, 9.17) is 33.2 Å². The molecule has 0 fully saturated rings. The summed E-state index contributed by atoms with van der Waals surface area (Å²) in [4.78, 5) is 11.3. The van der Waals surface area contributed by atoms with Crippen LogP contribution in [0.3, 0.4) is 0 Å². The van der Waals surface area contributed by atoms with Crippen LogP contribution in [0.15, 0.2) is 42.5 Å². The Morgan fingerprint density at radius 3 is 2.45 bits per heavy atom. The van der Waals surface area contributed by atoms with Crippen molar-refractivity contribution < 1.29 is 9.53 Å². The van der Waals surface area contributed by atoms with E-state index in [0.717, 1.165) is 0 Å². The van der Waals surface area contributed by atoms with Gasteiger partial charge in [-0.1, -0.05) is 41.4 Å². The number of ketones is 1. The lowest BCUT2D eigenvalue weighted by molar-refractivity contribution is 0.105. The van der Waals surface area contributed by atoms with Crippen molar-refractivity contribution in [3.8, 4) is 11.8 Å². The van der Waals surface area contributed by atoms with E-state index in [1.54, 1.807) is 42.5 Å². The molecule has 0 atom stereocenters. The van der Waals surface area contributed by atoms with E-state index in [2.05, 4.69) is 0 Å². The van der Waals surface area contributed by atoms with E-state index in [-0.39, 0.29) is 12.2 Å². The molecular formula is C15H9Cl2NO2. The second-order valence-electron chi connectivity index (χ2n) is 3.96. The molecule has 2 aromatic carbocycles. The van der Waals surface area contributed by atoms with E-state index in [9.17, 15) is 4.79 Å². The Labute approximate surface area is 126 Å². The molecule has 0 amide bonds. The van der Waals surface area contributed by atoms with E-state index in [0.29, 0.717) is 21.4 Å². The van der Waals surface area contributed by atoms with Crippen molar-refractivity contribution in [2.45, 2.75) is 6.61 Å². The maximum atomic E-state index is 11.3.